The van der Waals surface area contributed by atoms with E-state index in [4.69, 9.17) is 9.47 Å². The highest BCUT2D eigenvalue weighted by molar-refractivity contribution is 14.0. The first-order chi connectivity index (χ1) is 13.6. The minimum Gasteiger partial charge on any atom is -0.493 e. The Balaban J connectivity index is 0.00000420. The Bertz CT molecular complexity index is 613. The number of hydrogen-bond donors (Lipinski definition) is 2. The molecule has 0 heterocycles. The molecule has 0 amide bonds. The Labute approximate surface area is 188 Å². The summed E-state index contributed by atoms with van der Waals surface area (Å²) in [7, 11) is 3.09. The number of nitrogens with one attached hydrogen (secondary N) is 2. The predicted molar refractivity (Wildman–Crippen MR) is 121 cm³/mol. The zero-order valence-electron chi connectivity index (χ0n) is 17.1. The van der Waals surface area contributed by atoms with Crippen LogP contribution in [0.2, 0.25) is 0 Å². The number of halogens is 3. The number of guanidine groups is 1. The molecule has 0 bridgehead atoms. The molecule has 0 unspecified atom stereocenters. The van der Waals surface area contributed by atoms with E-state index in [2.05, 4.69) is 20.4 Å². The molecule has 9 heteroatoms. The number of rotatable bonds is 9. The van der Waals surface area contributed by atoms with Crippen LogP contribution in [-0.4, -0.2) is 46.0 Å². The number of nitrogens with zero attached hydrogens (tertiary/aromatic N) is 1. The third-order valence-corrected chi connectivity index (χ3v) is 4.68. The molecule has 1 aliphatic rings. The van der Waals surface area contributed by atoms with Gasteiger partial charge in [-0.1, -0.05) is 31.7 Å². The van der Waals surface area contributed by atoms with Crippen molar-refractivity contribution >= 4 is 29.9 Å². The van der Waals surface area contributed by atoms with Crippen LogP contribution in [0.15, 0.2) is 23.2 Å². The molecule has 0 aliphatic heterocycles. The molecular weight excluding hydrogens is 495 g/mol. The first kappa shape index (κ1) is 25.7. The van der Waals surface area contributed by atoms with Crippen molar-refractivity contribution in [3.05, 3.63) is 23.8 Å². The van der Waals surface area contributed by atoms with E-state index in [0.717, 1.165) is 18.4 Å². The molecule has 29 heavy (non-hydrogen) atoms. The lowest BCUT2D eigenvalue weighted by Crippen LogP contribution is -2.38. The molecule has 0 saturated heterocycles. The van der Waals surface area contributed by atoms with Crippen LogP contribution < -0.4 is 20.1 Å². The van der Waals surface area contributed by atoms with Crippen LogP contribution in [0.3, 0.4) is 0 Å². The zero-order chi connectivity index (χ0) is 20.2. The molecule has 2 rings (SSSR count). The summed E-state index contributed by atoms with van der Waals surface area (Å²) in [6.45, 7) is -1.22. The fourth-order valence-electron chi connectivity index (χ4n) is 3.23. The van der Waals surface area contributed by atoms with Crippen molar-refractivity contribution in [1.29, 1.82) is 0 Å². The second-order valence-corrected chi connectivity index (χ2v) is 6.70. The maximum atomic E-state index is 12.5. The molecule has 0 aromatic heterocycles. The van der Waals surface area contributed by atoms with Gasteiger partial charge in [0.05, 0.1) is 19.8 Å². The van der Waals surface area contributed by atoms with Gasteiger partial charge in [0, 0.05) is 20.1 Å². The lowest BCUT2D eigenvalue weighted by atomic mass is 10.1. The SMILES string of the molecule is CN=C(NCCOC1CCCCCC1)NCc1ccc(OC)c(OC(F)F)c1.I. The molecule has 0 spiro atoms. The average molecular weight is 527 g/mol. The molecular formula is C20H32F2IN3O3. The van der Waals surface area contributed by atoms with Crippen LogP contribution in [0.1, 0.15) is 44.1 Å². The minimum atomic E-state index is -2.90. The first-order valence-electron chi connectivity index (χ1n) is 9.80. The summed E-state index contributed by atoms with van der Waals surface area (Å²) in [6.07, 6.45) is 7.78. The maximum Gasteiger partial charge on any atom is 0.387 e. The Morgan fingerprint density at radius 2 is 1.86 bits per heavy atom. The number of alkyl halides is 2. The Morgan fingerprint density at radius 1 is 1.14 bits per heavy atom. The van der Waals surface area contributed by atoms with Crippen molar-refractivity contribution in [2.75, 3.05) is 27.3 Å². The van der Waals surface area contributed by atoms with E-state index in [1.807, 2.05) is 0 Å². The molecule has 166 valence electrons. The van der Waals surface area contributed by atoms with Gasteiger partial charge in [-0.3, -0.25) is 4.99 Å². The van der Waals surface area contributed by atoms with E-state index >= 15 is 0 Å². The molecule has 0 atom stereocenters. The van der Waals surface area contributed by atoms with Gasteiger partial charge in [-0.05, 0) is 30.5 Å². The van der Waals surface area contributed by atoms with Crippen LogP contribution in [0, 0.1) is 0 Å². The summed E-state index contributed by atoms with van der Waals surface area (Å²) < 4.78 is 40.6. The second-order valence-electron chi connectivity index (χ2n) is 6.70. The summed E-state index contributed by atoms with van der Waals surface area (Å²) in [5.74, 6) is 0.898. The lowest BCUT2D eigenvalue weighted by molar-refractivity contribution is -0.0512. The van der Waals surface area contributed by atoms with Crippen molar-refractivity contribution in [2.45, 2.75) is 57.8 Å². The topological polar surface area (TPSA) is 64.1 Å². The molecule has 1 saturated carbocycles. The second kappa shape index (κ2) is 14.6. The molecule has 0 radical (unpaired) electrons. The van der Waals surface area contributed by atoms with Crippen molar-refractivity contribution in [2.24, 2.45) is 4.99 Å². The van der Waals surface area contributed by atoms with Crippen LogP contribution in [0.4, 0.5) is 8.78 Å². The van der Waals surface area contributed by atoms with Gasteiger partial charge in [0.25, 0.3) is 0 Å². The van der Waals surface area contributed by atoms with Gasteiger partial charge in [-0.2, -0.15) is 8.78 Å². The average Bonchev–Trinajstić information content (AvgIpc) is 2.96. The Morgan fingerprint density at radius 3 is 2.48 bits per heavy atom. The fraction of sp³-hybridized carbons (Fsp3) is 0.650. The van der Waals surface area contributed by atoms with Gasteiger partial charge in [0.1, 0.15) is 0 Å². The Kier molecular flexibility index (Phi) is 12.9. The molecule has 1 fully saturated rings. The smallest absolute Gasteiger partial charge is 0.387 e. The number of ether oxygens (including phenoxy) is 3. The largest absolute Gasteiger partial charge is 0.493 e. The highest BCUT2D eigenvalue weighted by Gasteiger charge is 2.13. The van der Waals surface area contributed by atoms with Gasteiger partial charge in [0.15, 0.2) is 17.5 Å². The van der Waals surface area contributed by atoms with Crippen molar-refractivity contribution < 1.29 is 23.0 Å². The summed E-state index contributed by atoms with van der Waals surface area (Å²) in [6, 6.07) is 4.92. The lowest BCUT2D eigenvalue weighted by Gasteiger charge is -2.17. The molecule has 1 aromatic carbocycles. The summed E-state index contributed by atoms with van der Waals surface area (Å²) in [5, 5.41) is 6.35. The summed E-state index contributed by atoms with van der Waals surface area (Å²) >= 11 is 0. The summed E-state index contributed by atoms with van der Waals surface area (Å²) in [5.41, 5.74) is 0.772. The van der Waals surface area contributed by atoms with Gasteiger partial charge in [-0.25, -0.2) is 0 Å². The van der Waals surface area contributed by atoms with E-state index < -0.39 is 6.61 Å². The monoisotopic (exact) mass is 527 g/mol. The van der Waals surface area contributed by atoms with Crippen molar-refractivity contribution in [3.8, 4) is 11.5 Å². The highest BCUT2D eigenvalue weighted by Crippen LogP contribution is 2.29. The van der Waals surface area contributed by atoms with E-state index in [-0.39, 0.29) is 35.5 Å². The third kappa shape index (κ3) is 9.79. The minimum absolute atomic E-state index is 0. The van der Waals surface area contributed by atoms with Gasteiger partial charge >= 0.3 is 6.61 Å². The summed E-state index contributed by atoms with van der Waals surface area (Å²) in [4.78, 5) is 4.17. The first-order valence-corrected chi connectivity index (χ1v) is 9.80. The normalized spacial score (nSPS) is 15.4. The van der Waals surface area contributed by atoms with Crippen molar-refractivity contribution in [1.82, 2.24) is 10.6 Å². The quantitative estimate of drug-likeness (QED) is 0.165. The molecule has 2 N–H and O–H groups in total. The number of hydrogen-bond acceptors (Lipinski definition) is 4. The fourth-order valence-corrected chi connectivity index (χ4v) is 3.23. The zero-order valence-corrected chi connectivity index (χ0v) is 19.4. The molecule has 1 aliphatic carbocycles. The van der Waals surface area contributed by atoms with Crippen molar-refractivity contribution in [3.63, 3.8) is 0 Å². The van der Waals surface area contributed by atoms with E-state index in [1.165, 1.54) is 38.9 Å². The van der Waals surface area contributed by atoms with Gasteiger partial charge in [0.2, 0.25) is 0 Å². The van der Waals surface area contributed by atoms with E-state index in [0.29, 0.717) is 31.8 Å². The predicted octanol–water partition coefficient (Wildman–Crippen LogP) is 4.32. The standard InChI is InChI=1S/C20H31F2N3O3.HI/c1-23-20(24-11-12-27-16-7-5-3-4-6-8-16)25-14-15-9-10-17(26-2)18(13-15)28-19(21)22;/h9-10,13,16,19H,3-8,11-12,14H2,1-2H3,(H2,23,24,25);1H. The van der Waals surface area contributed by atoms with Gasteiger partial charge < -0.3 is 24.8 Å². The number of methoxy groups -OCH3 is 1. The van der Waals surface area contributed by atoms with Crippen LogP contribution in [-0.2, 0) is 11.3 Å². The van der Waals surface area contributed by atoms with E-state index in [1.54, 1.807) is 19.2 Å². The third-order valence-electron chi connectivity index (χ3n) is 4.68. The molecule has 1 aromatic rings. The highest BCUT2D eigenvalue weighted by atomic mass is 127. The van der Waals surface area contributed by atoms with Gasteiger partial charge in [-0.15, -0.1) is 24.0 Å². The van der Waals surface area contributed by atoms with E-state index in [9.17, 15) is 8.78 Å². The molecule has 6 nitrogen and oxygen atoms in total. The number of aliphatic imine (C=N–C) groups is 1. The van der Waals surface area contributed by atoms with Crippen LogP contribution >= 0.6 is 24.0 Å². The Hall–Kier alpha value is -1.36. The maximum absolute atomic E-state index is 12.5. The van der Waals surface area contributed by atoms with Crippen LogP contribution in [0.25, 0.3) is 0 Å². The number of benzene rings is 1. The van der Waals surface area contributed by atoms with Crippen LogP contribution in [0.5, 0.6) is 11.5 Å².